The lowest BCUT2D eigenvalue weighted by atomic mass is 10.3. The van der Waals surface area contributed by atoms with E-state index < -0.39 is 0 Å². The van der Waals surface area contributed by atoms with E-state index in [-0.39, 0.29) is 18.3 Å². The highest BCUT2D eigenvalue weighted by atomic mass is 32.1. The van der Waals surface area contributed by atoms with Crippen LogP contribution in [0.4, 0.5) is 5.13 Å². The number of anilines is 1. The zero-order valence-electron chi connectivity index (χ0n) is 14.4. The van der Waals surface area contributed by atoms with Crippen LogP contribution in [-0.2, 0) is 20.7 Å². The van der Waals surface area contributed by atoms with Crippen molar-refractivity contribution >= 4 is 28.3 Å². The maximum Gasteiger partial charge on any atom is 0.311 e. The van der Waals surface area contributed by atoms with Gasteiger partial charge in [0.15, 0.2) is 5.13 Å². The number of amides is 1. The first-order valence-corrected chi connectivity index (χ1v) is 9.33. The van der Waals surface area contributed by atoms with Crippen LogP contribution >= 0.6 is 11.3 Å². The normalized spacial score (nSPS) is 16.1. The molecule has 0 aliphatic carbocycles. The van der Waals surface area contributed by atoms with Crippen LogP contribution in [0.5, 0.6) is 0 Å². The number of hydrogen-bond acceptors (Lipinski definition) is 7. The summed E-state index contributed by atoms with van der Waals surface area (Å²) in [5, 5.41) is 5.12. The summed E-state index contributed by atoms with van der Waals surface area (Å²) in [6.07, 6.45) is 1.30. The largest absolute Gasteiger partial charge is 0.466 e. The third-order valence-electron chi connectivity index (χ3n) is 3.80. The van der Waals surface area contributed by atoms with Gasteiger partial charge in [-0.15, -0.1) is 11.3 Å². The van der Waals surface area contributed by atoms with Crippen LogP contribution in [0.25, 0.3) is 0 Å². The smallest absolute Gasteiger partial charge is 0.311 e. The van der Waals surface area contributed by atoms with E-state index in [1.165, 1.54) is 17.8 Å². The molecule has 7 nitrogen and oxygen atoms in total. The zero-order chi connectivity index (χ0) is 17.4. The molecule has 0 radical (unpaired) electrons. The molecule has 1 N–H and O–H groups in total. The number of piperazine rings is 1. The van der Waals surface area contributed by atoms with E-state index >= 15 is 0 Å². The predicted octanol–water partition coefficient (Wildman–Crippen LogP) is 1.21. The summed E-state index contributed by atoms with van der Waals surface area (Å²) in [6.45, 7) is 9.69. The van der Waals surface area contributed by atoms with Gasteiger partial charge in [-0.3, -0.25) is 14.5 Å². The van der Waals surface area contributed by atoms with Crippen molar-refractivity contribution in [3.05, 3.63) is 11.1 Å². The molecule has 2 rings (SSSR count). The Morgan fingerprint density at radius 3 is 2.62 bits per heavy atom. The Morgan fingerprint density at radius 1 is 1.25 bits per heavy atom. The minimum absolute atomic E-state index is 0.0593. The summed E-state index contributed by atoms with van der Waals surface area (Å²) in [4.78, 5) is 32.4. The van der Waals surface area contributed by atoms with E-state index in [2.05, 4.69) is 27.0 Å². The maximum absolute atomic E-state index is 12.1. The highest BCUT2D eigenvalue weighted by molar-refractivity contribution is 7.13. The number of carbonyl (C=O) groups excluding carboxylic acids is 2. The summed E-state index contributed by atoms with van der Waals surface area (Å²) in [7, 11) is 0. The minimum Gasteiger partial charge on any atom is -0.466 e. The van der Waals surface area contributed by atoms with Crippen LogP contribution in [0.2, 0.25) is 0 Å². The number of thiazole rings is 1. The summed E-state index contributed by atoms with van der Waals surface area (Å²) in [5.74, 6) is -0.360. The second-order valence-electron chi connectivity index (χ2n) is 5.79. The quantitative estimate of drug-likeness (QED) is 0.708. The van der Waals surface area contributed by atoms with Crippen molar-refractivity contribution in [3.8, 4) is 0 Å². The van der Waals surface area contributed by atoms with Gasteiger partial charge in [-0.1, -0.05) is 6.92 Å². The topological polar surface area (TPSA) is 74.8 Å². The number of nitrogens with one attached hydrogen (secondary N) is 1. The van der Waals surface area contributed by atoms with Crippen LogP contribution in [0.15, 0.2) is 5.38 Å². The van der Waals surface area contributed by atoms with Crippen molar-refractivity contribution in [2.24, 2.45) is 0 Å². The molecule has 134 valence electrons. The average Bonchev–Trinajstić information content (AvgIpc) is 2.96. The lowest BCUT2D eigenvalue weighted by Crippen LogP contribution is -2.48. The van der Waals surface area contributed by atoms with Crippen LogP contribution < -0.4 is 5.32 Å². The Bertz CT molecular complexity index is 541. The first-order chi connectivity index (χ1) is 11.6. The molecule has 1 aliphatic heterocycles. The van der Waals surface area contributed by atoms with Gasteiger partial charge in [0.1, 0.15) is 0 Å². The van der Waals surface area contributed by atoms with Gasteiger partial charge in [0.2, 0.25) is 5.91 Å². The van der Waals surface area contributed by atoms with Crippen molar-refractivity contribution in [2.75, 3.05) is 51.2 Å². The monoisotopic (exact) mass is 354 g/mol. The predicted molar refractivity (Wildman–Crippen MR) is 94.3 cm³/mol. The Labute approximate surface area is 147 Å². The van der Waals surface area contributed by atoms with Crippen LogP contribution in [0, 0.1) is 0 Å². The molecule has 1 fully saturated rings. The van der Waals surface area contributed by atoms with Gasteiger partial charge in [0.05, 0.1) is 25.3 Å². The number of nitrogens with zero attached hydrogens (tertiary/aromatic N) is 3. The summed E-state index contributed by atoms with van der Waals surface area (Å²) in [5.41, 5.74) is 0.627. The number of ether oxygens (including phenoxy) is 1. The van der Waals surface area contributed by atoms with Crippen molar-refractivity contribution in [2.45, 2.75) is 26.7 Å². The lowest BCUT2D eigenvalue weighted by Gasteiger charge is -2.33. The van der Waals surface area contributed by atoms with E-state index in [4.69, 9.17) is 4.74 Å². The Hall–Kier alpha value is -1.51. The first-order valence-electron chi connectivity index (χ1n) is 8.45. The summed E-state index contributed by atoms with van der Waals surface area (Å²) < 4.78 is 4.89. The van der Waals surface area contributed by atoms with Gasteiger partial charge in [-0.2, -0.15) is 0 Å². The maximum atomic E-state index is 12.1. The Kier molecular flexibility index (Phi) is 7.61. The summed E-state index contributed by atoms with van der Waals surface area (Å²) >= 11 is 1.33. The standard InChI is InChI=1S/C16H26N4O3S/c1-3-5-19-6-8-20(9-7-19)11-14(21)18-16-17-13(12-24-16)10-15(22)23-4-2/h12H,3-11H2,1-2H3,(H,17,18,21). The van der Waals surface area contributed by atoms with Crippen LogP contribution in [0.1, 0.15) is 26.0 Å². The molecule has 0 atom stereocenters. The van der Waals surface area contributed by atoms with Crippen molar-refractivity contribution in [1.82, 2.24) is 14.8 Å². The molecule has 1 amide bonds. The molecule has 0 aromatic carbocycles. The van der Waals surface area contributed by atoms with E-state index in [0.717, 1.165) is 32.7 Å². The van der Waals surface area contributed by atoms with Gasteiger partial charge in [0, 0.05) is 31.6 Å². The third-order valence-corrected chi connectivity index (χ3v) is 4.61. The Morgan fingerprint density at radius 2 is 1.96 bits per heavy atom. The molecular formula is C16H26N4O3S. The number of hydrogen-bond donors (Lipinski definition) is 1. The molecule has 1 saturated heterocycles. The number of esters is 1. The number of rotatable bonds is 8. The SMILES string of the molecule is CCCN1CCN(CC(=O)Nc2nc(CC(=O)OCC)cs2)CC1. The van der Waals surface area contributed by atoms with Crippen LogP contribution in [0.3, 0.4) is 0 Å². The molecule has 2 heterocycles. The highest BCUT2D eigenvalue weighted by Gasteiger charge is 2.19. The van der Waals surface area contributed by atoms with Gasteiger partial charge in [-0.05, 0) is 19.9 Å². The average molecular weight is 354 g/mol. The second kappa shape index (κ2) is 9.71. The van der Waals surface area contributed by atoms with E-state index in [0.29, 0.717) is 24.0 Å². The van der Waals surface area contributed by atoms with E-state index in [1.54, 1.807) is 12.3 Å². The highest BCUT2D eigenvalue weighted by Crippen LogP contribution is 2.16. The van der Waals surface area contributed by atoms with Crippen molar-refractivity contribution in [1.29, 1.82) is 0 Å². The van der Waals surface area contributed by atoms with E-state index in [1.807, 2.05) is 0 Å². The molecule has 1 aromatic rings. The molecule has 0 unspecified atom stereocenters. The van der Waals surface area contributed by atoms with Crippen molar-refractivity contribution < 1.29 is 14.3 Å². The fraction of sp³-hybridized carbons (Fsp3) is 0.688. The zero-order valence-corrected chi connectivity index (χ0v) is 15.2. The second-order valence-corrected chi connectivity index (χ2v) is 6.65. The van der Waals surface area contributed by atoms with Gasteiger partial charge >= 0.3 is 5.97 Å². The van der Waals surface area contributed by atoms with Crippen LogP contribution in [-0.4, -0.2) is 72.5 Å². The van der Waals surface area contributed by atoms with E-state index in [9.17, 15) is 9.59 Å². The fourth-order valence-corrected chi connectivity index (χ4v) is 3.38. The fourth-order valence-electron chi connectivity index (χ4n) is 2.65. The molecule has 0 bridgehead atoms. The minimum atomic E-state index is -0.300. The molecular weight excluding hydrogens is 328 g/mol. The number of carbonyl (C=O) groups is 2. The number of aromatic nitrogens is 1. The summed E-state index contributed by atoms with van der Waals surface area (Å²) in [6, 6.07) is 0. The van der Waals surface area contributed by atoms with Gasteiger partial charge in [0.25, 0.3) is 0 Å². The van der Waals surface area contributed by atoms with Gasteiger partial charge < -0.3 is 15.0 Å². The molecule has 0 spiro atoms. The molecule has 1 aromatic heterocycles. The van der Waals surface area contributed by atoms with Crippen molar-refractivity contribution in [3.63, 3.8) is 0 Å². The first kappa shape index (κ1) is 18.8. The molecule has 1 aliphatic rings. The van der Waals surface area contributed by atoms with Gasteiger partial charge in [-0.25, -0.2) is 4.98 Å². The lowest BCUT2D eigenvalue weighted by molar-refractivity contribution is -0.142. The molecule has 8 heteroatoms. The third kappa shape index (κ3) is 6.18. The molecule has 0 saturated carbocycles. The molecule has 24 heavy (non-hydrogen) atoms. The Balaban J connectivity index is 1.73.